The largest absolute Gasteiger partial charge is 0.374 e. The number of pyridine rings is 1. The summed E-state index contributed by atoms with van der Waals surface area (Å²) < 4.78 is 14.7. The minimum Gasteiger partial charge on any atom is -0.374 e. The highest BCUT2D eigenvalue weighted by Crippen LogP contribution is 2.41. The van der Waals surface area contributed by atoms with E-state index in [1.165, 1.54) is 12.1 Å². The molecule has 3 aromatic rings. The van der Waals surface area contributed by atoms with E-state index in [0.29, 0.717) is 41.2 Å². The maximum Gasteiger partial charge on any atom is 0.255 e. The highest BCUT2D eigenvalue weighted by atomic mass is 35.5. The van der Waals surface area contributed by atoms with Gasteiger partial charge in [0.2, 0.25) is 0 Å². The van der Waals surface area contributed by atoms with Crippen molar-refractivity contribution in [2.24, 2.45) is 0 Å². The molecule has 134 valence electrons. The first-order valence-corrected chi connectivity index (χ1v) is 9.00. The molecule has 4 nitrogen and oxygen atoms in total. The molecule has 1 atom stereocenters. The van der Waals surface area contributed by atoms with Gasteiger partial charge in [0.15, 0.2) is 0 Å². The lowest BCUT2D eigenvalue weighted by Crippen LogP contribution is -2.39. The summed E-state index contributed by atoms with van der Waals surface area (Å²) in [6.07, 6.45) is 2.24. The van der Waals surface area contributed by atoms with E-state index in [4.69, 9.17) is 23.2 Å². The predicted molar refractivity (Wildman–Crippen MR) is 104 cm³/mol. The molecule has 2 heterocycles. The van der Waals surface area contributed by atoms with Crippen LogP contribution in [-0.4, -0.2) is 18.1 Å². The molecule has 7 heteroatoms. The molecule has 1 aliphatic rings. The predicted octanol–water partition coefficient (Wildman–Crippen LogP) is 4.27. The number of anilines is 1. The van der Waals surface area contributed by atoms with Crippen molar-refractivity contribution in [1.29, 1.82) is 0 Å². The van der Waals surface area contributed by atoms with Gasteiger partial charge in [-0.15, -0.1) is 0 Å². The number of aromatic nitrogens is 1. The number of benzene rings is 2. The molecule has 4 rings (SSSR count). The summed E-state index contributed by atoms with van der Waals surface area (Å²) in [6, 6.07) is 10.1. The van der Waals surface area contributed by atoms with Gasteiger partial charge in [0.1, 0.15) is 5.82 Å². The lowest BCUT2D eigenvalue weighted by atomic mass is 9.87. The molecule has 2 aromatic carbocycles. The number of nitrogens with one attached hydrogen (secondary N) is 3. The van der Waals surface area contributed by atoms with Crippen LogP contribution in [0.1, 0.15) is 12.0 Å². The first-order chi connectivity index (χ1) is 12.5. The second kappa shape index (κ2) is 6.58. The normalized spacial score (nSPS) is 19.8. The lowest BCUT2D eigenvalue weighted by Gasteiger charge is -2.33. The van der Waals surface area contributed by atoms with E-state index in [2.05, 4.69) is 15.6 Å². The zero-order valence-corrected chi connectivity index (χ0v) is 15.2. The fraction of sp³-hybridized carbons (Fsp3) is 0.211. The highest BCUT2D eigenvalue weighted by Gasteiger charge is 2.40. The maximum atomic E-state index is 14.7. The molecule has 0 bridgehead atoms. The topological polar surface area (TPSA) is 56.9 Å². The molecule has 26 heavy (non-hydrogen) atoms. The van der Waals surface area contributed by atoms with Crippen LogP contribution in [-0.2, 0) is 5.54 Å². The van der Waals surface area contributed by atoms with E-state index in [9.17, 15) is 9.18 Å². The van der Waals surface area contributed by atoms with Crippen LogP contribution >= 0.6 is 23.2 Å². The van der Waals surface area contributed by atoms with Gasteiger partial charge in [-0.05, 0) is 48.7 Å². The Hall–Kier alpha value is -2.08. The van der Waals surface area contributed by atoms with E-state index in [0.717, 1.165) is 5.39 Å². The summed E-state index contributed by atoms with van der Waals surface area (Å²) in [6.45, 7) is 1.20. The van der Waals surface area contributed by atoms with Crippen LogP contribution in [0.3, 0.4) is 0 Å². The SMILES string of the molecule is O=c1[nH]ccc2ccc(N[C@]3(c4c(F)ccc(Cl)c4Cl)CCNC3)cc12. The standard InChI is InChI=1S/C19H16Cl2FN3O/c20-14-3-4-15(22)16(17(14)21)19(6-8-23-10-19)25-12-2-1-11-5-7-24-18(26)13(11)9-12/h1-5,7,9,23,25H,6,8,10H2,(H,24,26)/t19-/m1/s1. The highest BCUT2D eigenvalue weighted by molar-refractivity contribution is 6.42. The Labute approximate surface area is 159 Å². The van der Waals surface area contributed by atoms with Gasteiger partial charge in [-0.1, -0.05) is 29.3 Å². The molecule has 3 N–H and O–H groups in total. The van der Waals surface area contributed by atoms with E-state index in [-0.39, 0.29) is 10.6 Å². The van der Waals surface area contributed by atoms with Crippen molar-refractivity contribution in [2.45, 2.75) is 12.0 Å². The molecule has 0 amide bonds. The van der Waals surface area contributed by atoms with Crippen molar-refractivity contribution in [3.8, 4) is 0 Å². The summed E-state index contributed by atoms with van der Waals surface area (Å²) in [5, 5.41) is 8.58. The monoisotopic (exact) mass is 391 g/mol. The Morgan fingerprint density at radius 2 is 2.00 bits per heavy atom. The maximum absolute atomic E-state index is 14.7. The van der Waals surface area contributed by atoms with E-state index < -0.39 is 11.4 Å². The molecule has 1 saturated heterocycles. The quantitative estimate of drug-likeness (QED) is 0.584. The molecule has 0 aliphatic carbocycles. The third-order valence-corrected chi connectivity index (χ3v) is 5.64. The van der Waals surface area contributed by atoms with Gasteiger partial charge in [-0.2, -0.15) is 0 Å². The Morgan fingerprint density at radius 3 is 2.77 bits per heavy atom. The molecule has 0 radical (unpaired) electrons. The molecule has 0 unspecified atom stereocenters. The molecule has 1 fully saturated rings. The average Bonchev–Trinajstić information content (AvgIpc) is 3.08. The summed E-state index contributed by atoms with van der Waals surface area (Å²) in [5.41, 5.74) is 0.144. The summed E-state index contributed by atoms with van der Waals surface area (Å²) in [7, 11) is 0. The number of H-pyrrole nitrogens is 1. The second-order valence-corrected chi connectivity index (χ2v) is 7.25. The van der Waals surface area contributed by atoms with Crippen molar-refractivity contribution in [1.82, 2.24) is 10.3 Å². The van der Waals surface area contributed by atoms with E-state index in [1.54, 1.807) is 12.3 Å². The number of aromatic amines is 1. The van der Waals surface area contributed by atoms with Gasteiger partial charge in [0, 0.05) is 29.4 Å². The smallest absolute Gasteiger partial charge is 0.255 e. The summed E-state index contributed by atoms with van der Waals surface area (Å²) in [5.74, 6) is -0.408. The first kappa shape index (κ1) is 17.3. The molecule has 0 saturated carbocycles. The van der Waals surface area contributed by atoms with Crippen molar-refractivity contribution in [2.75, 3.05) is 18.4 Å². The van der Waals surface area contributed by atoms with Gasteiger partial charge in [0.25, 0.3) is 5.56 Å². The number of fused-ring (bicyclic) bond motifs is 1. The van der Waals surface area contributed by atoms with Crippen LogP contribution in [0.25, 0.3) is 10.8 Å². The zero-order valence-electron chi connectivity index (χ0n) is 13.7. The fourth-order valence-electron chi connectivity index (χ4n) is 3.58. The number of rotatable bonds is 3. The fourth-order valence-corrected chi connectivity index (χ4v) is 4.07. The summed E-state index contributed by atoms with van der Waals surface area (Å²) in [4.78, 5) is 14.7. The van der Waals surface area contributed by atoms with Gasteiger partial charge < -0.3 is 15.6 Å². The summed E-state index contributed by atoms with van der Waals surface area (Å²) >= 11 is 12.5. The van der Waals surface area contributed by atoms with Gasteiger partial charge >= 0.3 is 0 Å². The van der Waals surface area contributed by atoms with Crippen LogP contribution < -0.4 is 16.2 Å². The minimum atomic E-state index is -0.749. The van der Waals surface area contributed by atoms with Crippen molar-refractivity contribution in [3.05, 3.63) is 74.4 Å². The average molecular weight is 392 g/mol. The van der Waals surface area contributed by atoms with Crippen LogP contribution in [0, 0.1) is 5.82 Å². The number of hydrogen-bond acceptors (Lipinski definition) is 3. The Bertz CT molecular complexity index is 1040. The zero-order chi connectivity index (χ0) is 18.3. The van der Waals surface area contributed by atoms with Crippen LogP contribution in [0.15, 0.2) is 47.4 Å². The van der Waals surface area contributed by atoms with Crippen molar-refractivity contribution in [3.63, 3.8) is 0 Å². The van der Waals surface area contributed by atoms with Gasteiger partial charge in [-0.3, -0.25) is 4.79 Å². The first-order valence-electron chi connectivity index (χ1n) is 8.24. The van der Waals surface area contributed by atoms with Crippen LogP contribution in [0.5, 0.6) is 0 Å². The van der Waals surface area contributed by atoms with E-state index >= 15 is 0 Å². The number of hydrogen-bond donors (Lipinski definition) is 3. The second-order valence-electron chi connectivity index (χ2n) is 6.46. The third-order valence-electron chi connectivity index (χ3n) is 4.84. The van der Waals surface area contributed by atoms with Crippen LogP contribution in [0.2, 0.25) is 10.0 Å². The third kappa shape index (κ3) is 2.86. The van der Waals surface area contributed by atoms with Crippen molar-refractivity contribution >= 4 is 39.7 Å². The van der Waals surface area contributed by atoms with Gasteiger partial charge in [0.05, 0.1) is 15.6 Å². The van der Waals surface area contributed by atoms with Gasteiger partial charge in [-0.25, -0.2) is 4.39 Å². The van der Waals surface area contributed by atoms with E-state index in [1.807, 2.05) is 18.2 Å². The molecular formula is C19H16Cl2FN3O. The molecule has 1 aliphatic heterocycles. The van der Waals surface area contributed by atoms with Crippen molar-refractivity contribution < 1.29 is 4.39 Å². The Morgan fingerprint density at radius 1 is 1.15 bits per heavy atom. The minimum absolute atomic E-state index is 0.170. The molecule has 0 spiro atoms. The van der Waals surface area contributed by atoms with Crippen LogP contribution in [0.4, 0.5) is 10.1 Å². The number of halogens is 3. The lowest BCUT2D eigenvalue weighted by molar-refractivity contribution is 0.496. The molecular weight excluding hydrogens is 376 g/mol. The Balaban J connectivity index is 1.83. The Kier molecular flexibility index (Phi) is 4.39. The molecule has 1 aromatic heterocycles.